The second kappa shape index (κ2) is 6.21. The monoisotopic (exact) mass is 203 g/mol. The Hall–Kier alpha value is -1.33. The van der Waals surface area contributed by atoms with Crippen molar-refractivity contribution in [2.45, 2.75) is 38.2 Å². The molecule has 1 aromatic rings. The Morgan fingerprint density at radius 1 is 1.33 bits per heavy atom. The number of nitriles is 1. The van der Waals surface area contributed by atoms with Gasteiger partial charge in [-0.05, 0) is 12.0 Å². The number of hydrogen-bond acceptors (Lipinski definition) is 2. The summed E-state index contributed by atoms with van der Waals surface area (Å²) in [6.45, 7) is 2.08. The summed E-state index contributed by atoms with van der Waals surface area (Å²) in [4.78, 5) is 0. The van der Waals surface area contributed by atoms with Crippen LogP contribution in [0.3, 0.4) is 0 Å². The summed E-state index contributed by atoms with van der Waals surface area (Å²) < 4.78 is 0. The Kier molecular flexibility index (Phi) is 4.86. The number of nitrogens with zero attached hydrogens (tertiary/aromatic N) is 1. The van der Waals surface area contributed by atoms with Crippen LogP contribution < -0.4 is 0 Å². The van der Waals surface area contributed by atoms with Gasteiger partial charge in [0.2, 0.25) is 0 Å². The second-order valence-corrected chi connectivity index (χ2v) is 3.73. The van der Waals surface area contributed by atoms with Crippen molar-refractivity contribution < 1.29 is 5.11 Å². The van der Waals surface area contributed by atoms with Crippen molar-refractivity contribution in [3.8, 4) is 6.07 Å². The van der Waals surface area contributed by atoms with Gasteiger partial charge in [0.05, 0.1) is 18.1 Å². The molecular weight excluding hydrogens is 186 g/mol. The lowest BCUT2D eigenvalue weighted by molar-refractivity contribution is 0.148. The number of aliphatic hydroxyl groups is 1. The first-order valence-electron chi connectivity index (χ1n) is 5.42. The lowest BCUT2D eigenvalue weighted by Crippen LogP contribution is -2.16. The maximum Gasteiger partial charge on any atom is 0.0971 e. The van der Waals surface area contributed by atoms with Crippen LogP contribution in [0.5, 0.6) is 0 Å². The molecule has 0 saturated heterocycles. The predicted molar refractivity (Wildman–Crippen MR) is 60.3 cm³/mol. The molecule has 0 spiro atoms. The van der Waals surface area contributed by atoms with Gasteiger partial charge in [0.25, 0.3) is 0 Å². The largest absolute Gasteiger partial charge is 0.391 e. The molecule has 0 aromatic heterocycles. The van der Waals surface area contributed by atoms with E-state index in [-0.39, 0.29) is 0 Å². The minimum absolute atomic E-state index is 0.391. The van der Waals surface area contributed by atoms with Gasteiger partial charge in [0, 0.05) is 0 Å². The lowest BCUT2D eigenvalue weighted by Gasteiger charge is -2.16. The van der Waals surface area contributed by atoms with Crippen molar-refractivity contribution in [3.63, 3.8) is 0 Å². The molecule has 1 aromatic carbocycles. The minimum atomic E-state index is -0.544. The van der Waals surface area contributed by atoms with Crippen LogP contribution in [0.25, 0.3) is 0 Å². The van der Waals surface area contributed by atoms with Crippen molar-refractivity contribution in [2.75, 3.05) is 0 Å². The first kappa shape index (κ1) is 11.7. The number of unbranched alkanes of at least 4 members (excludes halogenated alkanes) is 1. The fourth-order valence-electron chi connectivity index (χ4n) is 1.62. The van der Waals surface area contributed by atoms with E-state index in [1.807, 2.05) is 30.3 Å². The molecule has 0 bridgehead atoms. The summed E-state index contributed by atoms with van der Waals surface area (Å²) >= 11 is 0. The molecule has 2 atom stereocenters. The minimum Gasteiger partial charge on any atom is -0.391 e. The number of hydrogen-bond donors (Lipinski definition) is 1. The summed E-state index contributed by atoms with van der Waals surface area (Å²) in [5, 5.41) is 18.9. The van der Waals surface area contributed by atoms with Crippen LogP contribution in [0.4, 0.5) is 0 Å². The number of benzene rings is 1. The molecule has 0 heterocycles. The van der Waals surface area contributed by atoms with E-state index in [2.05, 4.69) is 13.0 Å². The van der Waals surface area contributed by atoms with Gasteiger partial charge in [0.1, 0.15) is 0 Å². The molecule has 0 aliphatic heterocycles. The molecule has 15 heavy (non-hydrogen) atoms. The molecule has 2 nitrogen and oxygen atoms in total. The van der Waals surface area contributed by atoms with Gasteiger partial charge in [-0.1, -0.05) is 50.1 Å². The van der Waals surface area contributed by atoms with E-state index >= 15 is 0 Å². The fourth-order valence-corrected chi connectivity index (χ4v) is 1.62. The highest BCUT2D eigenvalue weighted by Crippen LogP contribution is 2.21. The number of rotatable bonds is 5. The molecule has 1 rings (SSSR count). The van der Waals surface area contributed by atoms with Gasteiger partial charge in [-0.2, -0.15) is 5.26 Å². The molecule has 0 radical (unpaired) electrons. The fraction of sp³-hybridized carbons (Fsp3) is 0.462. The van der Waals surface area contributed by atoms with Gasteiger partial charge in [-0.3, -0.25) is 0 Å². The molecule has 0 aliphatic rings. The summed E-state index contributed by atoms with van der Waals surface area (Å²) in [5.41, 5.74) is 0.906. The Bertz CT molecular complexity index is 315. The van der Waals surface area contributed by atoms with Gasteiger partial charge in [-0.25, -0.2) is 0 Å². The molecule has 0 aliphatic carbocycles. The van der Waals surface area contributed by atoms with E-state index in [0.717, 1.165) is 18.4 Å². The molecule has 80 valence electrons. The quantitative estimate of drug-likeness (QED) is 0.799. The van der Waals surface area contributed by atoms with Crippen LogP contribution in [0.2, 0.25) is 0 Å². The zero-order chi connectivity index (χ0) is 11.1. The van der Waals surface area contributed by atoms with Crippen LogP contribution in [-0.4, -0.2) is 11.2 Å². The smallest absolute Gasteiger partial charge is 0.0971 e. The van der Waals surface area contributed by atoms with E-state index < -0.39 is 12.0 Å². The maximum atomic E-state index is 9.87. The van der Waals surface area contributed by atoms with Crippen molar-refractivity contribution in [2.24, 2.45) is 0 Å². The Morgan fingerprint density at radius 2 is 2.00 bits per heavy atom. The summed E-state index contributed by atoms with van der Waals surface area (Å²) in [6, 6.07) is 11.7. The first-order valence-corrected chi connectivity index (χ1v) is 5.42. The van der Waals surface area contributed by atoms with Gasteiger partial charge in [0.15, 0.2) is 0 Å². The zero-order valence-electron chi connectivity index (χ0n) is 9.06. The molecule has 2 heteroatoms. The third-order valence-corrected chi connectivity index (χ3v) is 2.54. The van der Waals surface area contributed by atoms with Crippen molar-refractivity contribution in [1.29, 1.82) is 5.26 Å². The highest BCUT2D eigenvalue weighted by molar-refractivity contribution is 5.26. The average molecular weight is 203 g/mol. The van der Waals surface area contributed by atoms with E-state index in [0.29, 0.717) is 6.42 Å². The highest BCUT2D eigenvalue weighted by atomic mass is 16.3. The Morgan fingerprint density at radius 3 is 2.53 bits per heavy atom. The summed E-state index contributed by atoms with van der Waals surface area (Å²) in [6.07, 6.45) is 2.16. The third-order valence-electron chi connectivity index (χ3n) is 2.54. The van der Waals surface area contributed by atoms with E-state index in [1.54, 1.807) is 0 Å². The second-order valence-electron chi connectivity index (χ2n) is 3.73. The maximum absolute atomic E-state index is 9.87. The van der Waals surface area contributed by atoms with Crippen LogP contribution in [0.1, 0.15) is 37.7 Å². The molecule has 0 saturated carbocycles. The standard InChI is InChI=1S/C13H17NO/c1-2-3-9-13(15)12(10-14)11-7-5-4-6-8-11/h4-8,12-13,15H,2-3,9H2,1H3. The molecular formula is C13H17NO. The van der Waals surface area contributed by atoms with E-state index in [9.17, 15) is 5.11 Å². The molecule has 1 N–H and O–H groups in total. The lowest BCUT2D eigenvalue weighted by atomic mass is 9.92. The van der Waals surface area contributed by atoms with Crippen molar-refractivity contribution >= 4 is 0 Å². The van der Waals surface area contributed by atoms with Crippen molar-refractivity contribution in [3.05, 3.63) is 35.9 Å². The highest BCUT2D eigenvalue weighted by Gasteiger charge is 2.19. The van der Waals surface area contributed by atoms with Crippen LogP contribution in [-0.2, 0) is 0 Å². The van der Waals surface area contributed by atoms with Crippen LogP contribution >= 0.6 is 0 Å². The first-order chi connectivity index (χ1) is 7.29. The SMILES string of the molecule is CCCCC(O)C(C#N)c1ccccc1. The van der Waals surface area contributed by atoms with Crippen LogP contribution in [0.15, 0.2) is 30.3 Å². The van der Waals surface area contributed by atoms with Crippen LogP contribution in [0, 0.1) is 11.3 Å². The predicted octanol–water partition coefficient (Wildman–Crippen LogP) is 2.84. The zero-order valence-corrected chi connectivity index (χ0v) is 9.06. The van der Waals surface area contributed by atoms with Gasteiger partial charge < -0.3 is 5.11 Å². The molecule has 0 amide bonds. The van der Waals surface area contributed by atoms with Gasteiger partial charge in [-0.15, -0.1) is 0 Å². The third kappa shape index (κ3) is 3.38. The summed E-state index contributed by atoms with van der Waals surface area (Å²) in [5.74, 6) is -0.391. The van der Waals surface area contributed by atoms with Crippen molar-refractivity contribution in [1.82, 2.24) is 0 Å². The number of aliphatic hydroxyl groups excluding tert-OH is 1. The molecule has 0 fully saturated rings. The van der Waals surface area contributed by atoms with Gasteiger partial charge >= 0.3 is 0 Å². The average Bonchev–Trinajstić information content (AvgIpc) is 2.29. The Balaban J connectivity index is 2.68. The summed E-state index contributed by atoms with van der Waals surface area (Å²) in [7, 11) is 0. The van der Waals surface area contributed by atoms with E-state index in [4.69, 9.17) is 5.26 Å². The topological polar surface area (TPSA) is 44.0 Å². The Labute approximate surface area is 91.2 Å². The molecule has 2 unspecified atom stereocenters. The normalized spacial score (nSPS) is 14.2. The van der Waals surface area contributed by atoms with E-state index in [1.165, 1.54) is 0 Å².